The molecule has 2 saturated heterocycles. The number of halogens is 1. The molecule has 0 aliphatic carbocycles. The Morgan fingerprint density at radius 1 is 0.656 bits per heavy atom. The van der Waals surface area contributed by atoms with Crippen LogP contribution in [0.25, 0.3) is 0 Å². The van der Waals surface area contributed by atoms with E-state index in [1.54, 1.807) is 0 Å². The third-order valence-corrected chi connectivity index (χ3v) is 10.7. The van der Waals surface area contributed by atoms with Gasteiger partial charge in [0.15, 0.2) is 0 Å². The number of nitrogens with zero attached hydrogens (tertiary/aromatic N) is 3. The van der Waals surface area contributed by atoms with Gasteiger partial charge in [0.1, 0.15) is 31.3 Å². The van der Waals surface area contributed by atoms with E-state index in [1.807, 2.05) is 109 Å². The topological polar surface area (TPSA) is 117 Å². The van der Waals surface area contributed by atoms with Crippen molar-refractivity contribution >= 4 is 28.1 Å². The Kier molecular flexibility index (Phi) is 23.1. The molecule has 2 aliphatic rings. The summed E-state index contributed by atoms with van der Waals surface area (Å²) < 4.78 is 21.8. The molecule has 0 bridgehead atoms. The number of ether oxygens (including phenoxy) is 4. The lowest BCUT2D eigenvalue weighted by Gasteiger charge is -2.20. The summed E-state index contributed by atoms with van der Waals surface area (Å²) in [6.07, 6.45) is 3.26. The average molecular weight is 904 g/mol. The summed E-state index contributed by atoms with van der Waals surface area (Å²) in [7, 11) is 8.57. The standard InChI is InChI=1S/C24H33N3O3.C18H20BrNO3.C6H14N2/c1-26(2)22-13-15-27(18-22)16-17-29-23-10-8-20(9-11-23)12-14-25-24(28)30-19-21-6-4-3-5-7-21;19-11-13-22-17-8-6-15(7-9-17)10-12-20-18(21)23-14-16-4-2-1-3-5-16;1-8(2)6-3-4-7-5-6/h3-11,22H,12-19H2,1-2H3,(H,25,28);1-9H,10-14H2,(H,20,21);6-7H,3-5H2,1-2H3/t22-;;6-/m0.0/s1. The van der Waals surface area contributed by atoms with E-state index in [1.165, 1.54) is 25.9 Å². The molecule has 2 aliphatic heterocycles. The molecule has 0 spiro atoms. The van der Waals surface area contributed by atoms with Gasteiger partial charge in [0.25, 0.3) is 0 Å². The number of likely N-dealkylation sites (N-methyl/N-ethyl adjacent to an activating group) is 2. The number of likely N-dealkylation sites (tertiary alicyclic amines) is 1. The zero-order chi connectivity index (χ0) is 43.5. The van der Waals surface area contributed by atoms with Crippen LogP contribution in [0.15, 0.2) is 109 Å². The number of amides is 2. The van der Waals surface area contributed by atoms with E-state index in [2.05, 4.69) is 74.8 Å². The van der Waals surface area contributed by atoms with E-state index in [0.717, 1.165) is 77.6 Å². The van der Waals surface area contributed by atoms with Crippen LogP contribution in [0.1, 0.15) is 35.1 Å². The van der Waals surface area contributed by atoms with Crippen molar-refractivity contribution in [3.8, 4) is 11.5 Å². The van der Waals surface area contributed by atoms with Crippen LogP contribution in [0.5, 0.6) is 11.5 Å². The number of nitrogens with one attached hydrogen (secondary N) is 3. The summed E-state index contributed by atoms with van der Waals surface area (Å²) in [6.45, 7) is 8.59. The number of carbonyl (C=O) groups excluding carboxylic acids is 2. The number of rotatable bonds is 19. The Morgan fingerprint density at radius 2 is 1.15 bits per heavy atom. The molecule has 0 aromatic heterocycles. The molecule has 0 saturated carbocycles. The lowest BCUT2D eigenvalue weighted by atomic mass is 10.1. The highest BCUT2D eigenvalue weighted by atomic mass is 79.9. The second-order valence-electron chi connectivity index (χ2n) is 15.5. The molecular formula is C48H67BrN6O6. The Morgan fingerprint density at radius 3 is 1.56 bits per heavy atom. The quantitative estimate of drug-likeness (QED) is 0.0850. The van der Waals surface area contributed by atoms with Crippen LogP contribution in [0.3, 0.4) is 0 Å². The summed E-state index contributed by atoms with van der Waals surface area (Å²) in [6, 6.07) is 36.7. The molecule has 332 valence electrons. The molecule has 4 aromatic carbocycles. The molecule has 2 atom stereocenters. The van der Waals surface area contributed by atoms with Gasteiger partial charge in [0, 0.05) is 50.1 Å². The van der Waals surface area contributed by atoms with Crippen molar-refractivity contribution in [1.82, 2.24) is 30.7 Å². The highest BCUT2D eigenvalue weighted by Crippen LogP contribution is 2.16. The number of carbonyl (C=O) groups is 2. The van der Waals surface area contributed by atoms with Crippen LogP contribution >= 0.6 is 15.9 Å². The van der Waals surface area contributed by atoms with Gasteiger partial charge in [0.05, 0.1) is 6.61 Å². The maximum Gasteiger partial charge on any atom is 0.407 e. The van der Waals surface area contributed by atoms with Crippen molar-refractivity contribution in [3.63, 3.8) is 0 Å². The third kappa shape index (κ3) is 20.6. The van der Waals surface area contributed by atoms with Crippen LogP contribution < -0.4 is 25.4 Å². The summed E-state index contributed by atoms with van der Waals surface area (Å²) in [5.74, 6) is 1.74. The van der Waals surface area contributed by atoms with Crippen molar-refractivity contribution in [2.24, 2.45) is 0 Å². The van der Waals surface area contributed by atoms with E-state index in [4.69, 9.17) is 18.9 Å². The lowest BCUT2D eigenvalue weighted by molar-refractivity contribution is 0.139. The van der Waals surface area contributed by atoms with Gasteiger partial charge in [-0.3, -0.25) is 4.90 Å². The highest BCUT2D eigenvalue weighted by molar-refractivity contribution is 9.09. The van der Waals surface area contributed by atoms with Gasteiger partial charge in [-0.15, -0.1) is 0 Å². The Balaban J connectivity index is 0.000000232. The lowest BCUT2D eigenvalue weighted by Crippen LogP contribution is -2.33. The van der Waals surface area contributed by atoms with Crippen LogP contribution in [-0.4, -0.2) is 132 Å². The molecule has 4 aromatic rings. The first-order chi connectivity index (χ1) is 29.7. The van der Waals surface area contributed by atoms with Crippen molar-refractivity contribution in [3.05, 3.63) is 131 Å². The molecule has 0 radical (unpaired) electrons. The van der Waals surface area contributed by atoms with E-state index in [9.17, 15) is 9.59 Å². The first-order valence-electron chi connectivity index (χ1n) is 21.3. The van der Waals surface area contributed by atoms with Gasteiger partial charge < -0.3 is 44.7 Å². The van der Waals surface area contributed by atoms with Crippen LogP contribution in [-0.2, 0) is 35.5 Å². The molecule has 0 unspecified atom stereocenters. The Labute approximate surface area is 372 Å². The van der Waals surface area contributed by atoms with Gasteiger partial charge in [-0.25, -0.2) is 9.59 Å². The van der Waals surface area contributed by atoms with E-state index in [-0.39, 0.29) is 13.2 Å². The minimum atomic E-state index is -0.397. The maximum absolute atomic E-state index is 11.8. The molecule has 61 heavy (non-hydrogen) atoms. The molecule has 2 fully saturated rings. The molecule has 12 nitrogen and oxygen atoms in total. The minimum absolute atomic E-state index is 0.284. The fraction of sp³-hybridized carbons (Fsp3) is 0.458. The molecular weight excluding hydrogens is 836 g/mol. The fourth-order valence-corrected chi connectivity index (χ4v) is 6.80. The Hall–Kier alpha value is -4.66. The van der Waals surface area contributed by atoms with Crippen molar-refractivity contribution < 1.29 is 28.5 Å². The number of alkyl halides is 1. The van der Waals surface area contributed by atoms with Crippen molar-refractivity contribution in [2.45, 2.75) is 51.0 Å². The number of hydrogen-bond acceptors (Lipinski definition) is 10. The van der Waals surface area contributed by atoms with E-state index < -0.39 is 12.2 Å². The van der Waals surface area contributed by atoms with Gasteiger partial charge in [-0.1, -0.05) is 101 Å². The largest absolute Gasteiger partial charge is 0.493 e. The number of benzene rings is 4. The van der Waals surface area contributed by atoms with Gasteiger partial charge in [-0.05, 0) is 113 Å². The van der Waals surface area contributed by atoms with Crippen LogP contribution in [0.2, 0.25) is 0 Å². The first kappa shape index (κ1) is 49.0. The third-order valence-electron chi connectivity index (χ3n) is 10.4. The summed E-state index contributed by atoms with van der Waals surface area (Å²) >= 11 is 3.32. The van der Waals surface area contributed by atoms with Gasteiger partial charge in [-0.2, -0.15) is 0 Å². The van der Waals surface area contributed by atoms with Crippen LogP contribution in [0.4, 0.5) is 9.59 Å². The highest BCUT2D eigenvalue weighted by Gasteiger charge is 2.23. The zero-order valence-corrected chi connectivity index (χ0v) is 38.1. The van der Waals surface area contributed by atoms with Crippen molar-refractivity contribution in [1.29, 1.82) is 0 Å². The van der Waals surface area contributed by atoms with E-state index in [0.29, 0.717) is 32.3 Å². The summed E-state index contributed by atoms with van der Waals surface area (Å²) in [4.78, 5) is 30.4. The summed E-state index contributed by atoms with van der Waals surface area (Å²) in [5.41, 5.74) is 4.24. The smallest absolute Gasteiger partial charge is 0.407 e. The average Bonchev–Trinajstić information content (AvgIpc) is 4.01. The second kappa shape index (κ2) is 28.8. The second-order valence-corrected chi connectivity index (χ2v) is 16.3. The zero-order valence-electron chi connectivity index (χ0n) is 36.5. The van der Waals surface area contributed by atoms with Gasteiger partial charge in [0.2, 0.25) is 0 Å². The number of hydrogen-bond donors (Lipinski definition) is 3. The molecule has 2 heterocycles. The molecule has 3 N–H and O–H groups in total. The summed E-state index contributed by atoms with van der Waals surface area (Å²) in [5, 5.41) is 9.66. The predicted octanol–water partition coefficient (Wildman–Crippen LogP) is 7.01. The predicted molar refractivity (Wildman–Crippen MR) is 248 cm³/mol. The fourth-order valence-electron chi connectivity index (χ4n) is 6.64. The monoisotopic (exact) mass is 902 g/mol. The first-order valence-corrected chi connectivity index (χ1v) is 22.4. The van der Waals surface area contributed by atoms with Crippen molar-refractivity contribution in [2.75, 3.05) is 92.5 Å². The Bertz CT molecular complexity index is 1760. The number of alkyl carbamates (subject to hydrolysis) is 2. The SMILES string of the molecule is CN(C)[C@H]1CCN(CCOc2ccc(CCNC(=O)OCc3ccccc3)cc2)C1.CN(C)[C@H]1CCNC1.O=C(NCCc1ccc(OCCBr)cc1)OCc1ccccc1. The normalized spacial score (nSPS) is 15.9. The minimum Gasteiger partial charge on any atom is -0.493 e. The molecule has 13 heteroatoms. The maximum atomic E-state index is 11.8. The molecule has 6 rings (SSSR count). The van der Waals surface area contributed by atoms with E-state index >= 15 is 0 Å². The molecule has 2 amide bonds. The van der Waals surface area contributed by atoms with Crippen LogP contribution in [0, 0.1) is 0 Å². The van der Waals surface area contributed by atoms with Gasteiger partial charge >= 0.3 is 12.2 Å².